The van der Waals surface area contributed by atoms with E-state index in [0.717, 1.165) is 17.7 Å². The number of halogens is 1. The molecule has 0 amide bonds. The van der Waals surface area contributed by atoms with Gasteiger partial charge in [0, 0.05) is 5.33 Å². The number of rotatable bonds is 4. The molecule has 0 radical (unpaired) electrons. The molecular formula is C12H17Br. The van der Waals surface area contributed by atoms with Crippen molar-refractivity contribution in [1.29, 1.82) is 0 Å². The molecule has 0 aromatic heterocycles. The fourth-order valence-electron chi connectivity index (χ4n) is 1.37. The van der Waals surface area contributed by atoms with Crippen LogP contribution in [0.2, 0.25) is 0 Å². The summed E-state index contributed by atoms with van der Waals surface area (Å²) in [6.07, 6.45) is 2.31. The first kappa shape index (κ1) is 10.8. The summed E-state index contributed by atoms with van der Waals surface area (Å²) in [5.41, 5.74) is 2.87. The Kier molecular flexibility index (Phi) is 4.51. The second-order valence-electron chi connectivity index (χ2n) is 3.63. The van der Waals surface area contributed by atoms with Crippen molar-refractivity contribution in [1.82, 2.24) is 0 Å². The summed E-state index contributed by atoms with van der Waals surface area (Å²) >= 11 is 3.50. The number of hydrogen-bond donors (Lipinski definition) is 0. The van der Waals surface area contributed by atoms with E-state index in [2.05, 4.69) is 54.0 Å². The molecule has 0 bridgehead atoms. The zero-order chi connectivity index (χ0) is 9.68. The number of hydrogen-bond acceptors (Lipinski definition) is 0. The van der Waals surface area contributed by atoms with Crippen LogP contribution in [0.1, 0.15) is 25.0 Å². The van der Waals surface area contributed by atoms with Crippen LogP contribution < -0.4 is 0 Å². The van der Waals surface area contributed by atoms with Gasteiger partial charge >= 0.3 is 0 Å². The highest BCUT2D eigenvalue weighted by Gasteiger charge is 2.00. The lowest BCUT2D eigenvalue weighted by molar-refractivity contribution is 0.663. The Morgan fingerprint density at radius 1 is 1.15 bits per heavy atom. The van der Waals surface area contributed by atoms with Crippen molar-refractivity contribution < 1.29 is 0 Å². The van der Waals surface area contributed by atoms with E-state index in [9.17, 15) is 0 Å². The van der Waals surface area contributed by atoms with Crippen molar-refractivity contribution in [3.8, 4) is 0 Å². The maximum atomic E-state index is 3.50. The maximum Gasteiger partial charge on any atom is 0.00602 e. The predicted octanol–water partition coefficient (Wildman–Crippen LogP) is 3.82. The molecule has 72 valence electrons. The molecule has 1 aromatic rings. The van der Waals surface area contributed by atoms with E-state index in [-0.39, 0.29) is 0 Å². The molecule has 0 saturated carbocycles. The molecule has 1 aromatic carbocycles. The fraction of sp³-hybridized carbons (Fsp3) is 0.500. The first-order valence-corrected chi connectivity index (χ1v) is 6.02. The second-order valence-corrected chi connectivity index (χ2v) is 4.28. The van der Waals surface area contributed by atoms with Crippen molar-refractivity contribution >= 4 is 15.9 Å². The lowest BCUT2D eigenvalue weighted by Crippen LogP contribution is -2.00. The highest BCUT2D eigenvalue weighted by Crippen LogP contribution is 2.12. The summed E-state index contributed by atoms with van der Waals surface area (Å²) in [4.78, 5) is 0. The van der Waals surface area contributed by atoms with Gasteiger partial charge in [-0.15, -0.1) is 0 Å². The van der Waals surface area contributed by atoms with Gasteiger partial charge in [0.1, 0.15) is 0 Å². The first-order valence-electron chi connectivity index (χ1n) is 4.90. The van der Waals surface area contributed by atoms with Gasteiger partial charge in [0.05, 0.1) is 0 Å². The third-order valence-electron chi connectivity index (χ3n) is 2.28. The molecule has 0 N–H and O–H groups in total. The summed E-state index contributed by atoms with van der Waals surface area (Å²) in [5, 5.41) is 1.09. The predicted molar refractivity (Wildman–Crippen MR) is 62.5 cm³/mol. The van der Waals surface area contributed by atoms with Crippen LogP contribution in [0, 0.1) is 5.92 Å². The van der Waals surface area contributed by atoms with Gasteiger partial charge in [-0.1, -0.05) is 54.0 Å². The van der Waals surface area contributed by atoms with Crippen LogP contribution in [-0.2, 0) is 12.8 Å². The summed E-state index contributed by atoms with van der Waals surface area (Å²) in [6.45, 7) is 4.46. The second kappa shape index (κ2) is 5.43. The Labute approximate surface area is 89.5 Å². The molecule has 13 heavy (non-hydrogen) atoms. The molecule has 1 rings (SSSR count). The molecule has 1 heteroatoms. The van der Waals surface area contributed by atoms with E-state index in [1.165, 1.54) is 17.5 Å². The van der Waals surface area contributed by atoms with Gasteiger partial charge in [0.15, 0.2) is 0 Å². The molecule has 0 saturated heterocycles. The van der Waals surface area contributed by atoms with E-state index in [1.807, 2.05) is 0 Å². The van der Waals surface area contributed by atoms with Gasteiger partial charge in [0.2, 0.25) is 0 Å². The lowest BCUT2D eigenvalue weighted by Gasteiger charge is -2.07. The van der Waals surface area contributed by atoms with Crippen molar-refractivity contribution in [3.63, 3.8) is 0 Å². The van der Waals surface area contributed by atoms with Crippen LogP contribution in [-0.4, -0.2) is 5.33 Å². The Balaban J connectivity index is 2.58. The molecule has 0 spiro atoms. The third-order valence-corrected chi connectivity index (χ3v) is 3.38. The summed E-state index contributed by atoms with van der Waals surface area (Å²) in [7, 11) is 0. The van der Waals surface area contributed by atoms with Crippen LogP contribution in [0.5, 0.6) is 0 Å². The van der Waals surface area contributed by atoms with E-state index in [4.69, 9.17) is 0 Å². The van der Waals surface area contributed by atoms with Gasteiger partial charge < -0.3 is 0 Å². The van der Waals surface area contributed by atoms with Crippen LogP contribution in [0.4, 0.5) is 0 Å². The van der Waals surface area contributed by atoms with Crippen LogP contribution >= 0.6 is 15.9 Å². The van der Waals surface area contributed by atoms with Crippen LogP contribution in [0.3, 0.4) is 0 Å². The minimum atomic E-state index is 0.729. The largest absolute Gasteiger partial charge is 0.0925 e. The van der Waals surface area contributed by atoms with Gasteiger partial charge in [-0.25, -0.2) is 0 Å². The number of alkyl halides is 1. The fourth-order valence-corrected chi connectivity index (χ4v) is 1.60. The van der Waals surface area contributed by atoms with Crippen molar-refractivity contribution in [2.24, 2.45) is 5.92 Å². The minimum absolute atomic E-state index is 0.729. The quantitative estimate of drug-likeness (QED) is 0.703. The average molecular weight is 241 g/mol. The van der Waals surface area contributed by atoms with Gasteiger partial charge in [0.25, 0.3) is 0 Å². The molecule has 0 nitrogen and oxygen atoms in total. The molecule has 0 aliphatic heterocycles. The lowest BCUT2D eigenvalue weighted by atomic mass is 10.0. The summed E-state index contributed by atoms with van der Waals surface area (Å²) in [6, 6.07) is 8.96. The molecule has 0 heterocycles. The number of aryl methyl sites for hydroxylation is 1. The molecule has 0 fully saturated rings. The molecule has 0 aliphatic carbocycles. The van der Waals surface area contributed by atoms with Crippen LogP contribution in [0.15, 0.2) is 24.3 Å². The third kappa shape index (κ3) is 3.51. The zero-order valence-corrected chi connectivity index (χ0v) is 9.97. The molecular weight excluding hydrogens is 224 g/mol. The Morgan fingerprint density at radius 3 is 2.15 bits per heavy atom. The van der Waals surface area contributed by atoms with Crippen molar-refractivity contribution in [2.45, 2.75) is 26.7 Å². The Hall–Kier alpha value is -0.300. The van der Waals surface area contributed by atoms with Gasteiger partial charge in [-0.05, 0) is 29.9 Å². The van der Waals surface area contributed by atoms with Crippen molar-refractivity contribution in [3.05, 3.63) is 35.4 Å². The maximum absolute atomic E-state index is 3.50. The monoisotopic (exact) mass is 240 g/mol. The van der Waals surface area contributed by atoms with Crippen LogP contribution in [0.25, 0.3) is 0 Å². The highest BCUT2D eigenvalue weighted by atomic mass is 79.9. The molecule has 0 aliphatic rings. The smallest absolute Gasteiger partial charge is 0.00602 e. The average Bonchev–Trinajstić information content (AvgIpc) is 2.19. The highest BCUT2D eigenvalue weighted by molar-refractivity contribution is 9.09. The topological polar surface area (TPSA) is 0 Å². The minimum Gasteiger partial charge on any atom is -0.0925 e. The van der Waals surface area contributed by atoms with Gasteiger partial charge in [-0.3, -0.25) is 0 Å². The van der Waals surface area contributed by atoms with Gasteiger partial charge in [-0.2, -0.15) is 0 Å². The van der Waals surface area contributed by atoms with E-state index in [1.54, 1.807) is 0 Å². The van der Waals surface area contributed by atoms with Crippen molar-refractivity contribution in [2.75, 3.05) is 5.33 Å². The normalized spacial score (nSPS) is 12.8. The first-order chi connectivity index (χ1) is 6.26. The Morgan fingerprint density at radius 2 is 1.69 bits per heavy atom. The standard InChI is InChI=1S/C12H17Br/c1-3-11-4-6-12(7-5-11)8-10(2)9-13/h4-7,10H,3,8-9H2,1-2H3. The van der Waals surface area contributed by atoms with E-state index in [0.29, 0.717) is 0 Å². The van der Waals surface area contributed by atoms with E-state index < -0.39 is 0 Å². The SMILES string of the molecule is CCc1ccc(CC(C)CBr)cc1. The Bertz CT molecular complexity index is 238. The van der Waals surface area contributed by atoms with E-state index >= 15 is 0 Å². The number of benzene rings is 1. The molecule has 1 unspecified atom stereocenters. The molecule has 1 atom stereocenters. The zero-order valence-electron chi connectivity index (χ0n) is 8.39. The summed E-state index contributed by atoms with van der Waals surface area (Å²) in [5.74, 6) is 0.729. The summed E-state index contributed by atoms with van der Waals surface area (Å²) < 4.78 is 0.